The summed E-state index contributed by atoms with van der Waals surface area (Å²) in [4.78, 5) is 22.5. The van der Waals surface area contributed by atoms with Crippen molar-refractivity contribution in [2.45, 2.75) is 38.1 Å². The van der Waals surface area contributed by atoms with Gasteiger partial charge in [-0.15, -0.1) is 0 Å². The summed E-state index contributed by atoms with van der Waals surface area (Å²) in [5.74, 6) is 0.0313. The molecule has 1 saturated carbocycles. The molecule has 2 aromatic heterocycles. The fourth-order valence-corrected chi connectivity index (χ4v) is 2.92. The van der Waals surface area contributed by atoms with Gasteiger partial charge in [-0.25, -0.2) is 0 Å². The van der Waals surface area contributed by atoms with E-state index in [-0.39, 0.29) is 17.7 Å². The maximum Gasteiger partial charge on any atom is 0.289 e. The summed E-state index contributed by atoms with van der Waals surface area (Å²) >= 11 is 0. The number of aromatic nitrogens is 1. The van der Waals surface area contributed by atoms with E-state index in [1.807, 2.05) is 12.1 Å². The fourth-order valence-electron chi connectivity index (χ4n) is 2.92. The van der Waals surface area contributed by atoms with Crippen LogP contribution in [0.25, 0.3) is 0 Å². The summed E-state index contributed by atoms with van der Waals surface area (Å²) in [6.45, 7) is 0. The van der Waals surface area contributed by atoms with Gasteiger partial charge in [0.15, 0.2) is 5.76 Å². The fraction of sp³-hybridized carbons (Fsp3) is 0.389. The van der Waals surface area contributed by atoms with Crippen LogP contribution < -0.4 is 5.49 Å². The van der Waals surface area contributed by atoms with Gasteiger partial charge in [-0.05, 0) is 37.1 Å². The Labute approximate surface area is 140 Å². The molecule has 3 rings (SSSR count). The van der Waals surface area contributed by atoms with Gasteiger partial charge in [0.1, 0.15) is 12.6 Å². The Hall–Kier alpha value is -2.63. The quantitative estimate of drug-likeness (QED) is 0.640. The number of hydrogen-bond acceptors (Lipinski definition) is 5. The average Bonchev–Trinajstić information content (AvgIpc) is 3.15. The van der Waals surface area contributed by atoms with E-state index in [1.54, 1.807) is 24.4 Å². The van der Waals surface area contributed by atoms with E-state index in [9.17, 15) is 4.79 Å². The molecule has 1 fully saturated rings. The van der Waals surface area contributed by atoms with Crippen LogP contribution in [0, 0.1) is 0 Å². The van der Waals surface area contributed by atoms with Crippen LogP contribution in [0.5, 0.6) is 0 Å². The lowest BCUT2D eigenvalue weighted by molar-refractivity contribution is 0.0976. The third-order valence-corrected chi connectivity index (χ3v) is 4.09. The van der Waals surface area contributed by atoms with Gasteiger partial charge in [0, 0.05) is 6.20 Å². The molecule has 0 atom stereocenters. The highest BCUT2D eigenvalue weighted by Gasteiger charge is 2.20. The summed E-state index contributed by atoms with van der Waals surface area (Å²) in [7, 11) is 1.40. The Morgan fingerprint density at radius 3 is 2.75 bits per heavy atom. The highest BCUT2D eigenvalue weighted by Crippen LogP contribution is 2.19. The molecule has 0 saturated heterocycles. The number of rotatable bonds is 4. The monoisotopic (exact) mass is 327 g/mol. The van der Waals surface area contributed by atoms with Crippen LogP contribution in [0.4, 0.5) is 0 Å². The Kier molecular flexibility index (Phi) is 5.25. The first kappa shape index (κ1) is 16.2. The first-order chi connectivity index (χ1) is 11.8. The van der Waals surface area contributed by atoms with Crippen molar-refractivity contribution in [2.24, 2.45) is 10.1 Å². The van der Waals surface area contributed by atoms with E-state index in [4.69, 9.17) is 14.2 Å². The number of carbonyl (C=O) groups excluding carboxylic acids is 1. The minimum Gasteiger partial charge on any atom is -0.462 e. The van der Waals surface area contributed by atoms with Crippen LogP contribution >= 0.6 is 0 Å². The van der Waals surface area contributed by atoms with E-state index < -0.39 is 0 Å². The van der Waals surface area contributed by atoms with Crippen LogP contribution in [0.15, 0.2) is 57.4 Å². The first-order valence-corrected chi connectivity index (χ1v) is 8.21. The highest BCUT2D eigenvalue weighted by molar-refractivity contribution is 6.45. The summed E-state index contributed by atoms with van der Waals surface area (Å²) < 4.78 is 6.80. The van der Waals surface area contributed by atoms with Gasteiger partial charge in [0.05, 0.1) is 12.3 Å². The maximum atomic E-state index is 12.9. The summed E-state index contributed by atoms with van der Waals surface area (Å²) in [6, 6.07) is 9.18. The predicted molar refractivity (Wildman–Crippen MR) is 89.7 cm³/mol. The Bertz CT molecular complexity index is 769. The molecule has 2 aromatic rings. The standard InChI is InChI=1S/C18H21N3O3/c1-23-20-17(15-10-7-13-24-15)18(22)21-12-6-5-11-16(21)19-14-8-3-2-4-9-14/h5-7,10-14H,2-4,8-9H2,1H3/b19-16?,20-17+. The summed E-state index contributed by atoms with van der Waals surface area (Å²) in [6.07, 6.45) is 8.98. The van der Waals surface area contributed by atoms with Crippen LogP contribution in [0.1, 0.15) is 42.7 Å². The molecule has 0 spiro atoms. The highest BCUT2D eigenvalue weighted by atomic mass is 16.6. The van der Waals surface area contributed by atoms with Gasteiger partial charge in [-0.1, -0.05) is 30.5 Å². The number of nitrogens with zero attached hydrogens (tertiary/aromatic N) is 3. The number of carbonyl (C=O) groups is 1. The number of hydrogen-bond donors (Lipinski definition) is 0. The molecule has 1 aliphatic rings. The molecule has 1 aliphatic carbocycles. The smallest absolute Gasteiger partial charge is 0.289 e. The van der Waals surface area contributed by atoms with Gasteiger partial charge in [-0.3, -0.25) is 14.4 Å². The van der Waals surface area contributed by atoms with Crippen LogP contribution in [0.2, 0.25) is 0 Å². The van der Waals surface area contributed by atoms with Gasteiger partial charge < -0.3 is 9.25 Å². The normalized spacial score (nSPS) is 17.0. The van der Waals surface area contributed by atoms with Crippen molar-refractivity contribution in [1.82, 2.24) is 4.57 Å². The minimum absolute atomic E-state index is 0.110. The zero-order valence-corrected chi connectivity index (χ0v) is 13.7. The predicted octanol–water partition coefficient (Wildman–Crippen LogP) is 3.01. The number of furan rings is 1. The van der Waals surface area contributed by atoms with Gasteiger partial charge >= 0.3 is 0 Å². The number of pyridine rings is 1. The third kappa shape index (κ3) is 3.64. The second kappa shape index (κ2) is 7.77. The molecular weight excluding hydrogens is 306 g/mol. The molecular formula is C18H21N3O3. The van der Waals surface area contributed by atoms with Crippen molar-refractivity contribution in [3.8, 4) is 0 Å². The first-order valence-electron chi connectivity index (χ1n) is 8.21. The SMILES string of the molecule is CO/N=C(/C(=O)n1ccccc1=NC1CCCCC1)c1ccco1. The molecule has 24 heavy (non-hydrogen) atoms. The van der Waals surface area contributed by atoms with Crippen molar-refractivity contribution < 1.29 is 14.0 Å². The van der Waals surface area contributed by atoms with E-state index in [0.717, 1.165) is 12.8 Å². The van der Waals surface area contributed by atoms with Gasteiger partial charge in [0.2, 0.25) is 5.71 Å². The molecule has 0 bridgehead atoms. The lowest BCUT2D eigenvalue weighted by atomic mass is 9.96. The van der Waals surface area contributed by atoms with Crippen LogP contribution in [0.3, 0.4) is 0 Å². The van der Waals surface area contributed by atoms with Crippen molar-refractivity contribution in [3.63, 3.8) is 0 Å². The van der Waals surface area contributed by atoms with Crippen molar-refractivity contribution in [3.05, 3.63) is 54.0 Å². The maximum absolute atomic E-state index is 12.9. The molecule has 126 valence electrons. The van der Waals surface area contributed by atoms with Crippen LogP contribution in [-0.4, -0.2) is 29.3 Å². The zero-order valence-electron chi connectivity index (χ0n) is 13.7. The van der Waals surface area contributed by atoms with Crippen molar-refractivity contribution in [1.29, 1.82) is 0 Å². The second-order valence-corrected chi connectivity index (χ2v) is 5.75. The number of oxime groups is 1. The Morgan fingerprint density at radius 1 is 1.21 bits per heavy atom. The molecule has 0 amide bonds. The molecule has 6 heteroatoms. The molecule has 2 heterocycles. The van der Waals surface area contributed by atoms with E-state index >= 15 is 0 Å². The minimum atomic E-state index is -0.332. The molecule has 6 nitrogen and oxygen atoms in total. The second-order valence-electron chi connectivity index (χ2n) is 5.75. The molecule has 0 N–H and O–H groups in total. The summed E-state index contributed by atoms with van der Waals surface area (Å²) in [5, 5.41) is 3.84. The largest absolute Gasteiger partial charge is 0.462 e. The van der Waals surface area contributed by atoms with Gasteiger partial charge in [0.25, 0.3) is 5.91 Å². The topological polar surface area (TPSA) is 69.1 Å². The average molecular weight is 327 g/mol. The molecule has 0 radical (unpaired) electrons. The van der Waals surface area contributed by atoms with E-state index in [2.05, 4.69) is 5.16 Å². The summed E-state index contributed by atoms with van der Waals surface area (Å²) in [5.41, 5.74) is 0.739. The third-order valence-electron chi connectivity index (χ3n) is 4.09. The van der Waals surface area contributed by atoms with Gasteiger partial charge in [-0.2, -0.15) is 0 Å². The molecule has 0 aliphatic heterocycles. The Balaban J connectivity index is 1.98. The molecule has 0 unspecified atom stereocenters. The Morgan fingerprint density at radius 2 is 2.04 bits per heavy atom. The van der Waals surface area contributed by atoms with Crippen molar-refractivity contribution in [2.75, 3.05) is 7.11 Å². The lowest BCUT2D eigenvalue weighted by Crippen LogP contribution is -2.33. The zero-order chi connectivity index (χ0) is 16.8. The van der Waals surface area contributed by atoms with E-state index in [1.165, 1.54) is 37.2 Å². The lowest BCUT2D eigenvalue weighted by Gasteiger charge is -2.17. The van der Waals surface area contributed by atoms with E-state index in [0.29, 0.717) is 11.2 Å². The molecule has 0 aromatic carbocycles. The van der Waals surface area contributed by atoms with Crippen molar-refractivity contribution >= 4 is 11.6 Å². The van der Waals surface area contributed by atoms with Crippen LogP contribution in [-0.2, 0) is 4.84 Å².